The number of nitrogens with one attached hydrogen (secondary N) is 1. The minimum Gasteiger partial charge on any atom is -0.363 e. The van der Waals surface area contributed by atoms with Crippen molar-refractivity contribution in [3.63, 3.8) is 0 Å². The van der Waals surface area contributed by atoms with E-state index in [-0.39, 0.29) is 11.5 Å². The van der Waals surface area contributed by atoms with Crippen LogP contribution in [0.4, 0.5) is 11.5 Å². The number of amides is 1. The molecule has 0 unspecified atom stereocenters. The predicted octanol–water partition coefficient (Wildman–Crippen LogP) is 4.23. The normalized spacial score (nSPS) is 10.8. The van der Waals surface area contributed by atoms with Gasteiger partial charge in [-0.1, -0.05) is 24.3 Å². The summed E-state index contributed by atoms with van der Waals surface area (Å²) in [6, 6.07) is 18.4. The molecular formula is C25H24N4O2. The van der Waals surface area contributed by atoms with Crippen LogP contribution in [0.25, 0.3) is 22.0 Å². The minimum absolute atomic E-state index is 0.0990. The van der Waals surface area contributed by atoms with Crippen LogP contribution in [0.1, 0.15) is 15.9 Å². The van der Waals surface area contributed by atoms with Gasteiger partial charge in [0.05, 0.1) is 5.52 Å². The molecule has 31 heavy (non-hydrogen) atoms. The number of nitrogens with zero attached hydrogens (tertiary/aromatic N) is 3. The maximum Gasteiger partial charge on any atom is 0.258 e. The molecule has 1 amide bonds. The van der Waals surface area contributed by atoms with Gasteiger partial charge >= 0.3 is 0 Å². The van der Waals surface area contributed by atoms with Gasteiger partial charge in [0.25, 0.3) is 11.5 Å². The molecule has 0 aliphatic carbocycles. The van der Waals surface area contributed by atoms with Crippen LogP contribution in [0.15, 0.2) is 71.7 Å². The van der Waals surface area contributed by atoms with E-state index in [1.807, 2.05) is 74.4 Å². The molecule has 0 aliphatic rings. The first-order valence-electron chi connectivity index (χ1n) is 9.99. The number of rotatable bonds is 4. The highest BCUT2D eigenvalue weighted by molar-refractivity contribution is 6.04. The van der Waals surface area contributed by atoms with Crippen molar-refractivity contribution in [1.82, 2.24) is 9.55 Å². The molecule has 0 saturated heterocycles. The quantitative estimate of drug-likeness (QED) is 0.545. The molecule has 0 bridgehead atoms. The number of carbonyl (C=O) groups excluding carboxylic acids is 1. The number of hydrogen-bond donors (Lipinski definition) is 1. The Labute approximate surface area is 180 Å². The average Bonchev–Trinajstić information content (AvgIpc) is 2.78. The van der Waals surface area contributed by atoms with Gasteiger partial charge in [-0.05, 0) is 48.4 Å². The van der Waals surface area contributed by atoms with Gasteiger partial charge in [-0.3, -0.25) is 9.59 Å². The number of hydrogen-bond acceptors (Lipinski definition) is 4. The van der Waals surface area contributed by atoms with E-state index in [9.17, 15) is 9.59 Å². The van der Waals surface area contributed by atoms with Crippen molar-refractivity contribution in [2.45, 2.75) is 6.92 Å². The number of fused-ring (bicyclic) bond motifs is 1. The predicted molar refractivity (Wildman–Crippen MR) is 126 cm³/mol. The van der Waals surface area contributed by atoms with Gasteiger partial charge in [-0.2, -0.15) is 0 Å². The van der Waals surface area contributed by atoms with Crippen molar-refractivity contribution in [2.75, 3.05) is 24.3 Å². The van der Waals surface area contributed by atoms with Gasteiger partial charge in [-0.15, -0.1) is 0 Å². The molecule has 2 aromatic carbocycles. The molecule has 2 heterocycles. The van der Waals surface area contributed by atoms with Crippen LogP contribution < -0.4 is 15.8 Å². The summed E-state index contributed by atoms with van der Waals surface area (Å²) >= 11 is 0. The lowest BCUT2D eigenvalue weighted by molar-refractivity contribution is 0.102. The van der Waals surface area contributed by atoms with E-state index in [1.54, 1.807) is 29.9 Å². The fourth-order valence-corrected chi connectivity index (χ4v) is 3.57. The first-order chi connectivity index (χ1) is 14.8. The molecule has 0 fully saturated rings. The number of carbonyl (C=O) groups is 1. The highest BCUT2D eigenvalue weighted by atomic mass is 16.1. The van der Waals surface area contributed by atoms with Crippen LogP contribution in [0.3, 0.4) is 0 Å². The molecule has 6 heteroatoms. The summed E-state index contributed by atoms with van der Waals surface area (Å²) in [5.41, 5.74) is 4.24. The SMILES string of the molecule is Cc1ccc(NC(=O)c2ccccc2)cc1-c1cc2cnc(N(C)C)cc2n(C)c1=O. The van der Waals surface area contributed by atoms with Crippen LogP contribution in [0.2, 0.25) is 0 Å². The number of aromatic nitrogens is 2. The maximum atomic E-state index is 13.2. The zero-order valence-corrected chi connectivity index (χ0v) is 18.0. The van der Waals surface area contributed by atoms with E-state index in [4.69, 9.17) is 0 Å². The Morgan fingerprint density at radius 3 is 2.45 bits per heavy atom. The molecule has 0 radical (unpaired) electrons. The fraction of sp³-hybridized carbons (Fsp3) is 0.160. The first-order valence-corrected chi connectivity index (χ1v) is 9.99. The molecule has 0 atom stereocenters. The third kappa shape index (κ3) is 3.92. The van der Waals surface area contributed by atoms with Gasteiger partial charge < -0.3 is 14.8 Å². The van der Waals surface area contributed by atoms with Crippen LogP contribution >= 0.6 is 0 Å². The van der Waals surface area contributed by atoms with Crippen molar-refractivity contribution in [2.24, 2.45) is 7.05 Å². The third-order valence-electron chi connectivity index (χ3n) is 5.37. The van der Waals surface area contributed by atoms with E-state index < -0.39 is 0 Å². The van der Waals surface area contributed by atoms with Crippen LogP contribution in [0, 0.1) is 6.92 Å². The topological polar surface area (TPSA) is 67.2 Å². The molecule has 6 nitrogen and oxygen atoms in total. The Hall–Kier alpha value is -3.93. The highest BCUT2D eigenvalue weighted by Crippen LogP contribution is 2.27. The Balaban J connectivity index is 1.78. The number of benzene rings is 2. The molecule has 0 aliphatic heterocycles. The molecule has 4 aromatic rings. The average molecular weight is 412 g/mol. The molecule has 1 N–H and O–H groups in total. The van der Waals surface area contributed by atoms with Gasteiger partial charge in [0, 0.05) is 55.6 Å². The summed E-state index contributed by atoms with van der Waals surface area (Å²) in [7, 11) is 5.60. The Morgan fingerprint density at radius 1 is 1.00 bits per heavy atom. The Bertz CT molecular complexity index is 1340. The lowest BCUT2D eigenvalue weighted by atomic mass is 9.99. The Kier molecular flexibility index (Phi) is 5.29. The van der Waals surface area contributed by atoms with E-state index >= 15 is 0 Å². The first kappa shape index (κ1) is 20.3. The maximum absolute atomic E-state index is 13.2. The molecular weight excluding hydrogens is 388 g/mol. The highest BCUT2D eigenvalue weighted by Gasteiger charge is 2.14. The number of pyridine rings is 2. The van der Waals surface area contributed by atoms with Crippen LogP contribution in [0.5, 0.6) is 0 Å². The fourth-order valence-electron chi connectivity index (χ4n) is 3.57. The monoisotopic (exact) mass is 412 g/mol. The molecule has 2 aromatic heterocycles. The summed E-state index contributed by atoms with van der Waals surface area (Å²) in [4.78, 5) is 32.1. The zero-order valence-electron chi connectivity index (χ0n) is 18.0. The van der Waals surface area contributed by atoms with Gasteiger partial charge in [0.1, 0.15) is 5.82 Å². The van der Waals surface area contributed by atoms with Crippen molar-refractivity contribution >= 4 is 28.3 Å². The second-order valence-corrected chi connectivity index (χ2v) is 7.77. The summed E-state index contributed by atoms with van der Waals surface area (Å²) in [6.45, 7) is 1.95. The molecule has 0 saturated carbocycles. The standard InChI is InChI=1S/C25H24N4O2/c1-16-10-11-19(27-24(30)17-8-6-5-7-9-17)13-20(16)21-12-18-15-26-23(28(2)3)14-22(18)29(4)25(21)31/h5-15H,1-4H3,(H,27,30). The van der Waals surface area contributed by atoms with E-state index in [0.717, 1.165) is 27.8 Å². The van der Waals surface area contributed by atoms with Crippen LogP contribution in [-0.4, -0.2) is 29.6 Å². The second kappa shape index (κ2) is 8.07. The van der Waals surface area contributed by atoms with Crippen LogP contribution in [-0.2, 0) is 7.05 Å². The molecule has 0 spiro atoms. The van der Waals surface area contributed by atoms with Crippen molar-refractivity contribution < 1.29 is 4.79 Å². The lowest BCUT2D eigenvalue weighted by Crippen LogP contribution is -2.20. The van der Waals surface area contributed by atoms with E-state index in [1.165, 1.54) is 0 Å². The summed E-state index contributed by atoms with van der Waals surface area (Å²) in [6.07, 6.45) is 1.78. The third-order valence-corrected chi connectivity index (χ3v) is 5.37. The minimum atomic E-state index is -0.192. The summed E-state index contributed by atoms with van der Waals surface area (Å²) in [5, 5.41) is 3.80. The summed E-state index contributed by atoms with van der Waals surface area (Å²) < 4.78 is 1.65. The van der Waals surface area contributed by atoms with Crippen molar-refractivity contribution in [3.8, 4) is 11.1 Å². The molecule has 156 valence electrons. The summed E-state index contributed by atoms with van der Waals surface area (Å²) in [5.74, 6) is 0.597. The van der Waals surface area contributed by atoms with Crippen molar-refractivity contribution in [1.29, 1.82) is 0 Å². The van der Waals surface area contributed by atoms with Gasteiger partial charge in [-0.25, -0.2) is 4.98 Å². The number of aryl methyl sites for hydroxylation is 2. The molecule has 4 rings (SSSR count). The van der Waals surface area contributed by atoms with Gasteiger partial charge in [0.15, 0.2) is 0 Å². The smallest absolute Gasteiger partial charge is 0.258 e. The zero-order chi connectivity index (χ0) is 22.1. The van der Waals surface area contributed by atoms with E-state index in [2.05, 4.69) is 10.3 Å². The second-order valence-electron chi connectivity index (χ2n) is 7.77. The van der Waals surface area contributed by atoms with E-state index in [0.29, 0.717) is 16.8 Å². The van der Waals surface area contributed by atoms with Crippen molar-refractivity contribution in [3.05, 3.63) is 88.3 Å². The number of anilines is 2. The largest absolute Gasteiger partial charge is 0.363 e. The Morgan fingerprint density at radius 2 is 1.74 bits per heavy atom. The van der Waals surface area contributed by atoms with Gasteiger partial charge in [0.2, 0.25) is 0 Å². The lowest BCUT2D eigenvalue weighted by Gasteiger charge is -2.15.